The fraction of sp³-hybridized carbons (Fsp3) is 0.684. The Morgan fingerprint density at radius 3 is 2.79 bits per heavy atom. The molecule has 24 heavy (non-hydrogen) atoms. The van der Waals surface area contributed by atoms with Crippen molar-refractivity contribution in [3.05, 3.63) is 33.8 Å². The second-order valence-corrected chi connectivity index (χ2v) is 7.91. The highest BCUT2D eigenvalue weighted by Gasteiger charge is 2.29. The predicted molar refractivity (Wildman–Crippen MR) is 97.6 cm³/mol. The second-order valence-electron chi connectivity index (χ2n) is 7.47. The number of nitrogens with zero attached hydrogens (tertiary/aromatic N) is 2. The fourth-order valence-corrected chi connectivity index (χ4v) is 4.68. The molecule has 132 valence electrons. The monoisotopic (exact) mass is 349 g/mol. The molecule has 5 heteroatoms. The summed E-state index contributed by atoms with van der Waals surface area (Å²) in [5, 5.41) is 4.47. The van der Waals surface area contributed by atoms with Crippen LogP contribution in [0.5, 0.6) is 0 Å². The molecule has 3 heterocycles. The molecule has 0 unspecified atom stereocenters. The lowest BCUT2D eigenvalue weighted by Gasteiger charge is -2.41. The number of benzene rings is 1. The molecular formula is C19H28ClN3O. The van der Waals surface area contributed by atoms with Crippen LogP contribution in [0, 0.1) is 0 Å². The third-order valence-electron chi connectivity index (χ3n) is 5.87. The number of rotatable bonds is 2. The van der Waals surface area contributed by atoms with Gasteiger partial charge in [-0.2, -0.15) is 0 Å². The molecule has 4 rings (SSSR count). The number of nitrogens with one attached hydrogen (secondary N) is 1. The van der Waals surface area contributed by atoms with E-state index >= 15 is 0 Å². The van der Waals surface area contributed by atoms with Gasteiger partial charge in [0.05, 0.1) is 19.3 Å². The van der Waals surface area contributed by atoms with E-state index in [0.29, 0.717) is 0 Å². The molecule has 1 N–H and O–H groups in total. The Morgan fingerprint density at radius 1 is 1.21 bits per heavy atom. The van der Waals surface area contributed by atoms with Crippen molar-refractivity contribution in [2.75, 3.05) is 46.4 Å². The highest BCUT2D eigenvalue weighted by atomic mass is 35.5. The van der Waals surface area contributed by atoms with Crippen LogP contribution < -0.4 is 5.32 Å². The standard InChI is InChI=1S/C19H28ClN3O/c1-22-6-3-16(4-7-22)23-8-2-14-10-15(20)11-17(18(14)12-23)19-13-24-9-5-21-19/h10-11,16,19,21H,2-9,12-13H2,1H3/t19-/m0/s1. The molecule has 1 aromatic carbocycles. The molecule has 4 nitrogen and oxygen atoms in total. The molecule has 3 aliphatic rings. The van der Waals surface area contributed by atoms with E-state index < -0.39 is 0 Å². The van der Waals surface area contributed by atoms with Gasteiger partial charge in [0.25, 0.3) is 0 Å². The lowest BCUT2D eigenvalue weighted by molar-refractivity contribution is 0.0750. The van der Waals surface area contributed by atoms with Crippen LogP contribution in [0.3, 0.4) is 0 Å². The minimum absolute atomic E-state index is 0.281. The maximum atomic E-state index is 6.41. The van der Waals surface area contributed by atoms with Crippen molar-refractivity contribution < 1.29 is 4.74 Å². The van der Waals surface area contributed by atoms with Gasteiger partial charge in [0.1, 0.15) is 0 Å². The van der Waals surface area contributed by atoms with Crippen molar-refractivity contribution in [3.8, 4) is 0 Å². The molecule has 0 radical (unpaired) electrons. The second kappa shape index (κ2) is 7.30. The molecule has 0 amide bonds. The van der Waals surface area contributed by atoms with Crippen molar-refractivity contribution in [2.24, 2.45) is 0 Å². The summed E-state index contributed by atoms with van der Waals surface area (Å²) < 4.78 is 5.70. The molecule has 0 bridgehead atoms. The van der Waals surface area contributed by atoms with Gasteiger partial charge in [-0.15, -0.1) is 0 Å². The summed E-state index contributed by atoms with van der Waals surface area (Å²) in [5.74, 6) is 0. The summed E-state index contributed by atoms with van der Waals surface area (Å²) in [4.78, 5) is 5.15. The third kappa shape index (κ3) is 3.49. The van der Waals surface area contributed by atoms with Gasteiger partial charge in [-0.1, -0.05) is 11.6 Å². The van der Waals surface area contributed by atoms with Gasteiger partial charge in [-0.05, 0) is 68.2 Å². The number of piperidine rings is 1. The number of halogens is 1. The van der Waals surface area contributed by atoms with Crippen molar-refractivity contribution in [2.45, 2.75) is 37.9 Å². The highest BCUT2D eigenvalue weighted by Crippen LogP contribution is 2.33. The molecule has 0 aromatic heterocycles. The lowest BCUT2D eigenvalue weighted by atomic mass is 9.89. The summed E-state index contributed by atoms with van der Waals surface area (Å²) in [6.45, 7) is 7.15. The SMILES string of the molecule is CN1CCC(N2CCc3cc(Cl)cc([C@@H]4COCCN4)c3C2)CC1. The van der Waals surface area contributed by atoms with E-state index in [1.165, 1.54) is 42.6 Å². The van der Waals surface area contributed by atoms with Gasteiger partial charge in [0.2, 0.25) is 0 Å². The largest absolute Gasteiger partial charge is 0.378 e. The number of hydrogen-bond donors (Lipinski definition) is 1. The summed E-state index contributed by atoms with van der Waals surface area (Å²) in [6.07, 6.45) is 3.70. The Morgan fingerprint density at radius 2 is 2.04 bits per heavy atom. The van der Waals surface area contributed by atoms with Crippen LogP contribution in [0.25, 0.3) is 0 Å². The molecule has 2 fully saturated rings. The summed E-state index contributed by atoms with van der Waals surface area (Å²) >= 11 is 6.41. The van der Waals surface area contributed by atoms with E-state index in [2.05, 4.69) is 34.3 Å². The van der Waals surface area contributed by atoms with Crippen molar-refractivity contribution in [1.29, 1.82) is 0 Å². The molecule has 1 aromatic rings. The summed E-state index contributed by atoms with van der Waals surface area (Å²) in [7, 11) is 2.23. The van der Waals surface area contributed by atoms with Gasteiger partial charge in [-0.3, -0.25) is 4.90 Å². The smallest absolute Gasteiger partial charge is 0.0662 e. The third-order valence-corrected chi connectivity index (χ3v) is 6.09. The zero-order valence-electron chi connectivity index (χ0n) is 14.6. The normalized spacial score (nSPS) is 27.2. The molecular weight excluding hydrogens is 322 g/mol. The van der Waals surface area contributed by atoms with Crippen LogP contribution in [-0.4, -0.2) is 62.3 Å². The molecule has 2 saturated heterocycles. The van der Waals surface area contributed by atoms with Crippen molar-refractivity contribution in [3.63, 3.8) is 0 Å². The van der Waals surface area contributed by atoms with E-state index in [1.807, 2.05) is 0 Å². The Bertz CT molecular complexity index is 580. The van der Waals surface area contributed by atoms with Crippen LogP contribution in [0.15, 0.2) is 12.1 Å². The zero-order valence-corrected chi connectivity index (χ0v) is 15.3. The van der Waals surface area contributed by atoms with Gasteiger partial charge < -0.3 is 15.0 Å². The first-order valence-electron chi connectivity index (χ1n) is 9.25. The number of fused-ring (bicyclic) bond motifs is 1. The average molecular weight is 350 g/mol. The average Bonchev–Trinajstić information content (AvgIpc) is 2.62. The topological polar surface area (TPSA) is 27.7 Å². The van der Waals surface area contributed by atoms with Crippen LogP contribution in [0.2, 0.25) is 5.02 Å². The number of ether oxygens (including phenoxy) is 1. The first kappa shape index (κ1) is 16.8. The zero-order chi connectivity index (χ0) is 16.5. The first-order valence-corrected chi connectivity index (χ1v) is 9.63. The Hall–Kier alpha value is -0.650. The van der Waals surface area contributed by atoms with E-state index in [0.717, 1.165) is 50.3 Å². The van der Waals surface area contributed by atoms with E-state index in [1.54, 1.807) is 0 Å². The van der Waals surface area contributed by atoms with Crippen molar-refractivity contribution >= 4 is 11.6 Å². The van der Waals surface area contributed by atoms with Crippen LogP contribution in [-0.2, 0) is 17.7 Å². The molecule has 3 aliphatic heterocycles. The van der Waals surface area contributed by atoms with Crippen LogP contribution >= 0.6 is 11.6 Å². The van der Waals surface area contributed by atoms with Gasteiger partial charge >= 0.3 is 0 Å². The van der Waals surface area contributed by atoms with Crippen molar-refractivity contribution in [1.82, 2.24) is 15.1 Å². The Labute approximate surface area is 150 Å². The quantitative estimate of drug-likeness (QED) is 0.887. The lowest BCUT2D eigenvalue weighted by Crippen LogP contribution is -2.46. The predicted octanol–water partition coefficient (Wildman–Crippen LogP) is 2.45. The van der Waals surface area contributed by atoms with E-state index in [4.69, 9.17) is 16.3 Å². The summed E-state index contributed by atoms with van der Waals surface area (Å²) in [5.41, 5.74) is 4.29. The minimum Gasteiger partial charge on any atom is -0.378 e. The first-order chi connectivity index (χ1) is 11.7. The van der Waals surface area contributed by atoms with E-state index in [-0.39, 0.29) is 6.04 Å². The maximum absolute atomic E-state index is 6.41. The summed E-state index contributed by atoms with van der Waals surface area (Å²) in [6, 6.07) is 5.35. The van der Waals surface area contributed by atoms with Gasteiger partial charge in [-0.25, -0.2) is 0 Å². The highest BCUT2D eigenvalue weighted by molar-refractivity contribution is 6.30. The van der Waals surface area contributed by atoms with Gasteiger partial charge in [0, 0.05) is 30.7 Å². The molecule has 0 saturated carbocycles. The molecule has 0 spiro atoms. The number of likely N-dealkylation sites (tertiary alicyclic amines) is 1. The maximum Gasteiger partial charge on any atom is 0.0662 e. The molecule has 0 aliphatic carbocycles. The molecule has 1 atom stereocenters. The Kier molecular flexibility index (Phi) is 5.11. The van der Waals surface area contributed by atoms with Crippen LogP contribution in [0.4, 0.5) is 0 Å². The minimum atomic E-state index is 0.281. The van der Waals surface area contributed by atoms with Gasteiger partial charge in [0.15, 0.2) is 0 Å². The van der Waals surface area contributed by atoms with Crippen LogP contribution in [0.1, 0.15) is 35.6 Å². The Balaban J connectivity index is 1.57. The van der Waals surface area contributed by atoms with E-state index in [9.17, 15) is 0 Å². The fourth-order valence-electron chi connectivity index (χ4n) is 4.43. The number of hydrogen-bond acceptors (Lipinski definition) is 4. The number of morpholine rings is 1.